The summed E-state index contributed by atoms with van der Waals surface area (Å²) in [6.07, 6.45) is 1.17. The van der Waals surface area contributed by atoms with Crippen LogP contribution in [-0.2, 0) is 9.05 Å². The standard InChI is InChI=1S/C9H6Cl2N2O2S/c10-7-3-1-2-6(4-7)9-8(5-12-13-9)16(11,14)15/h1-5H,(H,12,13). The molecular weight excluding hydrogens is 271 g/mol. The molecule has 0 atom stereocenters. The summed E-state index contributed by atoms with van der Waals surface area (Å²) in [5.41, 5.74) is 0.946. The molecule has 0 spiro atoms. The molecule has 1 aromatic heterocycles. The Morgan fingerprint density at radius 1 is 1.31 bits per heavy atom. The van der Waals surface area contributed by atoms with E-state index in [2.05, 4.69) is 10.2 Å². The molecule has 7 heteroatoms. The number of nitrogens with zero attached hydrogens (tertiary/aromatic N) is 1. The fourth-order valence-electron chi connectivity index (χ4n) is 1.31. The summed E-state index contributed by atoms with van der Waals surface area (Å²) in [6.45, 7) is 0. The summed E-state index contributed by atoms with van der Waals surface area (Å²) in [5.74, 6) is 0. The summed E-state index contributed by atoms with van der Waals surface area (Å²) in [7, 11) is 1.46. The third-order valence-corrected chi connectivity index (χ3v) is 3.55. The van der Waals surface area contributed by atoms with E-state index in [1.165, 1.54) is 6.20 Å². The first-order valence-electron chi connectivity index (χ1n) is 4.22. The lowest BCUT2D eigenvalue weighted by Gasteiger charge is -2.00. The van der Waals surface area contributed by atoms with Crippen LogP contribution < -0.4 is 0 Å². The van der Waals surface area contributed by atoms with Crippen LogP contribution in [0.1, 0.15) is 0 Å². The Hall–Kier alpha value is -1.04. The number of rotatable bonds is 2. The third-order valence-electron chi connectivity index (χ3n) is 1.98. The van der Waals surface area contributed by atoms with Gasteiger partial charge in [0.2, 0.25) is 0 Å². The zero-order valence-electron chi connectivity index (χ0n) is 7.81. The molecule has 0 bridgehead atoms. The molecule has 4 nitrogen and oxygen atoms in total. The van der Waals surface area contributed by atoms with Crippen LogP contribution in [0.5, 0.6) is 0 Å². The summed E-state index contributed by atoms with van der Waals surface area (Å²) >= 11 is 5.81. The van der Waals surface area contributed by atoms with Crippen molar-refractivity contribution in [3.8, 4) is 11.3 Å². The molecule has 2 aromatic rings. The predicted octanol–water partition coefficient (Wildman–Crippen LogP) is 2.66. The maximum absolute atomic E-state index is 11.2. The molecule has 0 unspecified atom stereocenters. The summed E-state index contributed by atoms with van der Waals surface area (Å²) < 4.78 is 22.5. The Morgan fingerprint density at radius 2 is 2.06 bits per heavy atom. The van der Waals surface area contributed by atoms with E-state index in [4.69, 9.17) is 22.3 Å². The van der Waals surface area contributed by atoms with Crippen LogP contribution in [-0.4, -0.2) is 18.6 Å². The van der Waals surface area contributed by atoms with Gasteiger partial charge in [-0.2, -0.15) is 5.10 Å². The van der Waals surface area contributed by atoms with Gasteiger partial charge in [0.25, 0.3) is 9.05 Å². The Labute approximate surface area is 102 Å². The number of nitrogens with one attached hydrogen (secondary N) is 1. The van der Waals surface area contributed by atoms with Crippen LogP contribution in [0.2, 0.25) is 5.02 Å². The van der Waals surface area contributed by atoms with Crippen molar-refractivity contribution in [2.75, 3.05) is 0 Å². The van der Waals surface area contributed by atoms with Crippen molar-refractivity contribution >= 4 is 31.3 Å². The lowest BCUT2D eigenvalue weighted by atomic mass is 10.2. The molecule has 1 heterocycles. The van der Waals surface area contributed by atoms with E-state index in [1.54, 1.807) is 24.3 Å². The fraction of sp³-hybridized carbons (Fsp3) is 0. The van der Waals surface area contributed by atoms with E-state index in [0.717, 1.165) is 0 Å². The van der Waals surface area contributed by atoms with Crippen LogP contribution >= 0.6 is 22.3 Å². The van der Waals surface area contributed by atoms with Crippen LogP contribution in [0.15, 0.2) is 35.4 Å². The van der Waals surface area contributed by atoms with Gasteiger partial charge in [-0.1, -0.05) is 23.7 Å². The summed E-state index contributed by atoms with van der Waals surface area (Å²) in [5, 5.41) is 6.75. The number of hydrogen-bond donors (Lipinski definition) is 1. The van der Waals surface area contributed by atoms with Gasteiger partial charge in [-0.25, -0.2) is 8.42 Å². The zero-order valence-corrected chi connectivity index (χ0v) is 10.1. The van der Waals surface area contributed by atoms with Gasteiger partial charge in [0.15, 0.2) is 0 Å². The Balaban J connectivity index is 2.62. The van der Waals surface area contributed by atoms with Crippen LogP contribution in [0.4, 0.5) is 0 Å². The molecule has 0 aliphatic rings. The molecule has 0 aliphatic heterocycles. The Bertz CT molecular complexity index is 622. The minimum absolute atomic E-state index is 0.0589. The molecule has 0 saturated carbocycles. The highest BCUT2D eigenvalue weighted by Gasteiger charge is 2.18. The van der Waals surface area contributed by atoms with Gasteiger partial charge in [-0.05, 0) is 12.1 Å². The molecule has 0 saturated heterocycles. The highest BCUT2D eigenvalue weighted by Crippen LogP contribution is 2.28. The molecule has 1 N–H and O–H groups in total. The second-order valence-electron chi connectivity index (χ2n) is 3.06. The van der Waals surface area contributed by atoms with Gasteiger partial charge < -0.3 is 0 Å². The maximum Gasteiger partial charge on any atom is 0.265 e. The van der Waals surface area contributed by atoms with Gasteiger partial charge in [0, 0.05) is 21.3 Å². The molecule has 16 heavy (non-hydrogen) atoms. The number of H-pyrrole nitrogens is 1. The first kappa shape index (κ1) is 11.4. The molecule has 0 amide bonds. The minimum Gasteiger partial charge on any atom is -0.276 e. The minimum atomic E-state index is -3.82. The number of aromatic nitrogens is 2. The van der Waals surface area contributed by atoms with E-state index in [1.807, 2.05) is 0 Å². The topological polar surface area (TPSA) is 62.8 Å². The fourth-order valence-corrected chi connectivity index (χ4v) is 2.44. The highest BCUT2D eigenvalue weighted by molar-refractivity contribution is 8.13. The monoisotopic (exact) mass is 276 g/mol. The van der Waals surface area contributed by atoms with Crippen molar-refractivity contribution in [2.45, 2.75) is 4.90 Å². The summed E-state index contributed by atoms with van der Waals surface area (Å²) in [6, 6.07) is 6.74. The van der Waals surface area contributed by atoms with E-state index >= 15 is 0 Å². The van der Waals surface area contributed by atoms with Gasteiger partial charge >= 0.3 is 0 Å². The summed E-state index contributed by atoms with van der Waals surface area (Å²) in [4.78, 5) is -0.0589. The lowest BCUT2D eigenvalue weighted by molar-refractivity contribution is 0.610. The van der Waals surface area contributed by atoms with Crippen LogP contribution in [0.25, 0.3) is 11.3 Å². The molecule has 0 radical (unpaired) electrons. The molecule has 0 fully saturated rings. The van der Waals surface area contributed by atoms with E-state index in [-0.39, 0.29) is 4.90 Å². The van der Waals surface area contributed by atoms with Crippen molar-refractivity contribution in [3.05, 3.63) is 35.5 Å². The van der Waals surface area contributed by atoms with Gasteiger partial charge in [-0.3, -0.25) is 5.10 Å². The van der Waals surface area contributed by atoms with Gasteiger partial charge in [0.1, 0.15) is 4.90 Å². The molecule has 0 aliphatic carbocycles. The number of benzene rings is 1. The smallest absolute Gasteiger partial charge is 0.265 e. The van der Waals surface area contributed by atoms with Gasteiger partial charge in [-0.15, -0.1) is 0 Å². The Kier molecular flexibility index (Phi) is 2.92. The number of hydrogen-bond acceptors (Lipinski definition) is 3. The quantitative estimate of drug-likeness (QED) is 0.858. The second kappa shape index (κ2) is 4.08. The maximum atomic E-state index is 11.2. The average Bonchev–Trinajstić information content (AvgIpc) is 2.65. The van der Waals surface area contributed by atoms with Crippen molar-refractivity contribution in [1.29, 1.82) is 0 Å². The van der Waals surface area contributed by atoms with Crippen molar-refractivity contribution in [1.82, 2.24) is 10.2 Å². The van der Waals surface area contributed by atoms with Crippen LogP contribution in [0, 0.1) is 0 Å². The molecular formula is C9H6Cl2N2O2S. The highest BCUT2D eigenvalue weighted by atomic mass is 35.7. The largest absolute Gasteiger partial charge is 0.276 e. The normalized spacial score (nSPS) is 11.6. The first-order chi connectivity index (χ1) is 7.48. The van der Waals surface area contributed by atoms with E-state index in [0.29, 0.717) is 16.3 Å². The van der Waals surface area contributed by atoms with Gasteiger partial charge in [0.05, 0.1) is 11.9 Å². The lowest BCUT2D eigenvalue weighted by Crippen LogP contribution is -1.91. The predicted molar refractivity (Wildman–Crippen MR) is 62.1 cm³/mol. The zero-order chi connectivity index (χ0) is 11.8. The van der Waals surface area contributed by atoms with E-state index < -0.39 is 9.05 Å². The number of aromatic amines is 1. The Morgan fingerprint density at radius 3 is 2.69 bits per heavy atom. The van der Waals surface area contributed by atoms with Crippen molar-refractivity contribution in [2.24, 2.45) is 0 Å². The van der Waals surface area contributed by atoms with E-state index in [9.17, 15) is 8.42 Å². The molecule has 84 valence electrons. The second-order valence-corrected chi connectivity index (χ2v) is 6.03. The molecule has 2 rings (SSSR count). The molecule has 1 aromatic carbocycles. The first-order valence-corrected chi connectivity index (χ1v) is 6.91. The third kappa shape index (κ3) is 2.21. The van der Waals surface area contributed by atoms with Crippen molar-refractivity contribution < 1.29 is 8.42 Å². The number of halogens is 2. The average molecular weight is 277 g/mol. The van der Waals surface area contributed by atoms with Crippen molar-refractivity contribution in [3.63, 3.8) is 0 Å². The van der Waals surface area contributed by atoms with Crippen LogP contribution in [0.3, 0.4) is 0 Å². The SMILES string of the molecule is O=S(=O)(Cl)c1cn[nH]c1-c1cccc(Cl)c1.